The van der Waals surface area contributed by atoms with Gasteiger partial charge in [-0.1, -0.05) is 30.3 Å². The Kier molecular flexibility index (Phi) is 5.78. The van der Waals surface area contributed by atoms with Gasteiger partial charge in [-0.05, 0) is 32.4 Å². The molecule has 0 aliphatic carbocycles. The average molecular weight is 371 g/mol. The number of ether oxygens (including phenoxy) is 1. The van der Waals surface area contributed by atoms with Crippen molar-refractivity contribution in [2.45, 2.75) is 33.3 Å². The number of piperazine rings is 1. The third-order valence-corrected chi connectivity index (χ3v) is 4.82. The van der Waals surface area contributed by atoms with Crippen LogP contribution in [0.4, 0.5) is 5.69 Å². The average Bonchev–Trinajstić information content (AvgIpc) is 3.08. The number of anilines is 1. The Labute approximate surface area is 158 Å². The van der Waals surface area contributed by atoms with Gasteiger partial charge >= 0.3 is 5.97 Å². The first-order valence-electron chi connectivity index (χ1n) is 9.26. The molecule has 7 nitrogen and oxygen atoms in total. The van der Waals surface area contributed by atoms with E-state index in [1.165, 1.54) is 0 Å². The SMILES string of the molecule is CCc1noc(C)c1C(=O)O[C@H](C)C(=O)N1CCN(c2ccccc2)CC1. The second-order valence-corrected chi connectivity index (χ2v) is 6.61. The molecule has 27 heavy (non-hydrogen) atoms. The number of para-hydroxylation sites is 1. The van der Waals surface area contributed by atoms with E-state index in [4.69, 9.17) is 9.26 Å². The van der Waals surface area contributed by atoms with Gasteiger partial charge in [0.05, 0.1) is 5.69 Å². The summed E-state index contributed by atoms with van der Waals surface area (Å²) >= 11 is 0. The number of hydrogen-bond donors (Lipinski definition) is 0. The van der Waals surface area contributed by atoms with Gasteiger partial charge in [0.2, 0.25) is 0 Å². The van der Waals surface area contributed by atoms with Gasteiger partial charge in [0.15, 0.2) is 6.10 Å². The third kappa shape index (κ3) is 4.13. The van der Waals surface area contributed by atoms with Crippen LogP contribution in [0.5, 0.6) is 0 Å². The number of carbonyl (C=O) groups excluding carboxylic acids is 2. The van der Waals surface area contributed by atoms with Gasteiger partial charge in [0.1, 0.15) is 11.3 Å². The first kappa shape index (κ1) is 18.9. The second kappa shape index (κ2) is 8.24. The maximum absolute atomic E-state index is 12.7. The van der Waals surface area contributed by atoms with Crippen molar-refractivity contribution in [1.29, 1.82) is 0 Å². The quantitative estimate of drug-likeness (QED) is 0.752. The largest absolute Gasteiger partial charge is 0.449 e. The van der Waals surface area contributed by atoms with Gasteiger partial charge in [-0.2, -0.15) is 0 Å². The molecule has 2 aromatic rings. The summed E-state index contributed by atoms with van der Waals surface area (Å²) in [4.78, 5) is 29.1. The fraction of sp³-hybridized carbons (Fsp3) is 0.450. The first-order valence-corrected chi connectivity index (χ1v) is 9.26. The molecular formula is C20H25N3O4. The molecule has 1 aliphatic rings. The van der Waals surface area contributed by atoms with Crippen LogP contribution in [0.1, 0.15) is 35.7 Å². The molecule has 3 rings (SSSR count). The molecule has 1 fully saturated rings. The van der Waals surface area contributed by atoms with E-state index in [1.807, 2.05) is 25.1 Å². The zero-order valence-corrected chi connectivity index (χ0v) is 16.0. The van der Waals surface area contributed by atoms with Gasteiger partial charge in [0.25, 0.3) is 5.91 Å². The third-order valence-electron chi connectivity index (χ3n) is 4.82. The fourth-order valence-corrected chi connectivity index (χ4v) is 3.27. The summed E-state index contributed by atoms with van der Waals surface area (Å²) in [5, 5.41) is 3.86. The lowest BCUT2D eigenvalue weighted by Gasteiger charge is -2.37. The minimum Gasteiger partial charge on any atom is -0.449 e. The van der Waals surface area contributed by atoms with E-state index in [2.05, 4.69) is 22.2 Å². The Hall–Kier alpha value is -2.83. The van der Waals surface area contributed by atoms with Crippen LogP contribution in [0.3, 0.4) is 0 Å². The van der Waals surface area contributed by atoms with E-state index in [0.717, 1.165) is 18.8 Å². The van der Waals surface area contributed by atoms with Crippen LogP contribution in [-0.4, -0.2) is 54.2 Å². The van der Waals surface area contributed by atoms with Crippen molar-refractivity contribution < 1.29 is 18.8 Å². The van der Waals surface area contributed by atoms with Crippen LogP contribution in [0.25, 0.3) is 0 Å². The smallest absolute Gasteiger partial charge is 0.344 e. The van der Waals surface area contributed by atoms with Crippen LogP contribution < -0.4 is 4.90 Å². The molecule has 144 valence electrons. The Balaban J connectivity index is 1.56. The molecule has 0 radical (unpaired) electrons. The van der Waals surface area contributed by atoms with E-state index in [1.54, 1.807) is 18.7 Å². The van der Waals surface area contributed by atoms with Crippen molar-refractivity contribution in [2.24, 2.45) is 0 Å². The maximum Gasteiger partial charge on any atom is 0.344 e. The van der Waals surface area contributed by atoms with E-state index < -0.39 is 12.1 Å². The molecule has 2 heterocycles. The molecule has 1 atom stereocenters. The minimum atomic E-state index is -0.847. The summed E-state index contributed by atoms with van der Waals surface area (Å²) in [6.07, 6.45) is -0.286. The summed E-state index contributed by atoms with van der Waals surface area (Å²) in [5.74, 6) is -0.328. The zero-order valence-electron chi connectivity index (χ0n) is 16.0. The Morgan fingerprint density at radius 3 is 2.48 bits per heavy atom. The summed E-state index contributed by atoms with van der Waals surface area (Å²) < 4.78 is 10.5. The first-order chi connectivity index (χ1) is 13.0. The van der Waals surface area contributed by atoms with Crippen LogP contribution in [0.2, 0.25) is 0 Å². The van der Waals surface area contributed by atoms with Gasteiger partial charge in [-0.15, -0.1) is 0 Å². The lowest BCUT2D eigenvalue weighted by atomic mass is 10.1. The van der Waals surface area contributed by atoms with Crippen LogP contribution >= 0.6 is 0 Å². The Morgan fingerprint density at radius 2 is 1.85 bits per heavy atom. The van der Waals surface area contributed by atoms with Crippen LogP contribution in [0.15, 0.2) is 34.9 Å². The summed E-state index contributed by atoms with van der Waals surface area (Å²) in [7, 11) is 0. The number of nitrogens with zero attached hydrogens (tertiary/aromatic N) is 3. The number of aryl methyl sites for hydroxylation is 2. The van der Waals surface area contributed by atoms with Crippen LogP contribution in [0, 0.1) is 6.92 Å². The van der Waals surface area contributed by atoms with E-state index in [0.29, 0.717) is 36.5 Å². The molecule has 1 aliphatic heterocycles. The van der Waals surface area contributed by atoms with Crippen molar-refractivity contribution in [1.82, 2.24) is 10.1 Å². The molecule has 0 saturated carbocycles. The molecule has 0 unspecified atom stereocenters. The number of carbonyl (C=O) groups is 2. The van der Waals surface area contributed by atoms with Gasteiger partial charge in [-0.25, -0.2) is 4.79 Å². The number of esters is 1. The predicted octanol–water partition coefficient (Wildman–Crippen LogP) is 2.44. The highest BCUT2D eigenvalue weighted by Crippen LogP contribution is 2.18. The maximum atomic E-state index is 12.7. The zero-order chi connectivity index (χ0) is 19.4. The molecule has 0 bridgehead atoms. The lowest BCUT2D eigenvalue weighted by molar-refractivity contribution is -0.140. The number of amides is 1. The highest BCUT2D eigenvalue weighted by atomic mass is 16.5. The Bertz CT molecular complexity index is 795. The summed E-state index contributed by atoms with van der Waals surface area (Å²) in [6, 6.07) is 10.1. The van der Waals surface area contributed by atoms with Crippen LogP contribution in [-0.2, 0) is 16.0 Å². The molecule has 1 amide bonds. The Morgan fingerprint density at radius 1 is 1.19 bits per heavy atom. The molecule has 1 aromatic heterocycles. The number of rotatable bonds is 5. The summed E-state index contributed by atoms with van der Waals surface area (Å²) in [5.41, 5.74) is 2.03. The molecule has 1 aromatic carbocycles. The highest BCUT2D eigenvalue weighted by molar-refractivity contribution is 5.94. The summed E-state index contributed by atoms with van der Waals surface area (Å²) in [6.45, 7) is 7.86. The van der Waals surface area contributed by atoms with E-state index >= 15 is 0 Å². The molecule has 7 heteroatoms. The number of hydrogen-bond acceptors (Lipinski definition) is 6. The normalized spacial score (nSPS) is 15.5. The number of aromatic nitrogens is 1. The van der Waals surface area contributed by atoms with Gasteiger partial charge in [0, 0.05) is 31.9 Å². The minimum absolute atomic E-state index is 0.178. The van der Waals surface area contributed by atoms with Crippen molar-refractivity contribution in [3.63, 3.8) is 0 Å². The van der Waals surface area contributed by atoms with Crippen molar-refractivity contribution in [2.75, 3.05) is 31.1 Å². The van der Waals surface area contributed by atoms with E-state index in [9.17, 15) is 9.59 Å². The monoisotopic (exact) mass is 371 g/mol. The lowest BCUT2D eigenvalue weighted by Crippen LogP contribution is -2.51. The van der Waals surface area contributed by atoms with Crippen molar-refractivity contribution in [3.05, 3.63) is 47.3 Å². The van der Waals surface area contributed by atoms with Crippen molar-refractivity contribution >= 4 is 17.6 Å². The van der Waals surface area contributed by atoms with E-state index in [-0.39, 0.29) is 5.91 Å². The molecule has 0 N–H and O–H groups in total. The molecule has 0 spiro atoms. The fourth-order valence-electron chi connectivity index (χ4n) is 3.27. The van der Waals surface area contributed by atoms with Crippen molar-refractivity contribution in [3.8, 4) is 0 Å². The molecule has 1 saturated heterocycles. The standard InChI is InChI=1S/C20H25N3O4/c1-4-17-18(14(2)27-21-17)20(25)26-15(3)19(24)23-12-10-22(11-13-23)16-8-6-5-7-9-16/h5-9,15H,4,10-13H2,1-3H3/t15-/m1/s1. The second-order valence-electron chi connectivity index (χ2n) is 6.61. The molecular weight excluding hydrogens is 346 g/mol. The highest BCUT2D eigenvalue weighted by Gasteiger charge is 2.29. The topological polar surface area (TPSA) is 75.9 Å². The van der Waals surface area contributed by atoms with Gasteiger partial charge < -0.3 is 19.1 Å². The number of benzene rings is 1. The van der Waals surface area contributed by atoms with Gasteiger partial charge in [-0.3, -0.25) is 4.79 Å². The predicted molar refractivity (Wildman–Crippen MR) is 101 cm³/mol.